The predicted octanol–water partition coefficient (Wildman–Crippen LogP) is 1.47. The third-order valence-electron chi connectivity index (χ3n) is 8.24. The van der Waals surface area contributed by atoms with E-state index in [9.17, 15) is 19.4 Å². The van der Waals surface area contributed by atoms with Gasteiger partial charge in [0.15, 0.2) is 22.6 Å². The number of nitrogens with zero attached hydrogens (tertiary/aromatic N) is 8. The number of anilines is 1. The highest BCUT2D eigenvalue weighted by Gasteiger charge is 2.45. The second-order valence-electron chi connectivity index (χ2n) is 10.7. The zero-order valence-electron chi connectivity index (χ0n) is 23.1. The smallest absolute Gasteiger partial charge is 0.396 e. The first-order valence-corrected chi connectivity index (χ1v) is 18.6. The number of nitrogen functional groups attached to an aromatic ring is 1. The number of nitrogens with one attached hydrogen (secondary N) is 1. The van der Waals surface area contributed by atoms with E-state index in [0.717, 1.165) is 0 Å². The van der Waals surface area contributed by atoms with Crippen molar-refractivity contribution in [3.8, 4) is 0 Å². The lowest BCUT2D eigenvalue weighted by atomic mass is 9.70. The summed E-state index contributed by atoms with van der Waals surface area (Å²) in [6, 6.07) is -0.185. The van der Waals surface area contributed by atoms with Crippen LogP contribution in [-0.2, 0) is 34.7 Å². The standard InChI is InChI=1S/C23H26N10O8P2S2/c24-19-17-20(27-8-26-19)33(10-28-17)16-4-14(15(40-16)7-38-42(36)44)41-43(37,45)39-6-11-3-13(12(11)5-34)32-9-29-18-21(35)30-23-25-1-2-31(23)22(18)32/h1-2,8-16,34H,3-7H2,(H4-,24,25,26,27,30,35,36,37,44,45)/p+1/t11-,12-,13-,14+,15-,16-,43?/m1/s1. The largest absolute Gasteiger partial charge is 0.582 e. The molecule has 45 heavy (non-hydrogen) atoms. The first kappa shape index (κ1) is 30.7. The Labute approximate surface area is 264 Å². The van der Waals surface area contributed by atoms with E-state index in [-0.39, 0.29) is 61.0 Å². The van der Waals surface area contributed by atoms with E-state index in [2.05, 4.69) is 42.2 Å². The van der Waals surface area contributed by atoms with Gasteiger partial charge < -0.3 is 34.1 Å². The van der Waals surface area contributed by atoms with Gasteiger partial charge in [-0.1, -0.05) is 0 Å². The van der Waals surface area contributed by atoms with Crippen molar-refractivity contribution >= 4 is 71.9 Å². The number of fused-ring (bicyclic) bond motifs is 4. The van der Waals surface area contributed by atoms with Crippen LogP contribution in [0.2, 0.25) is 0 Å². The number of aromatic amines is 1. The number of aromatic nitrogens is 9. The number of aliphatic hydroxyl groups is 1. The molecule has 6 heterocycles. The lowest BCUT2D eigenvalue weighted by Crippen LogP contribution is -2.43. The SMILES string of the molecule is Nc1ncnc2c1ncn2[C@H]1C[C@H](OP(O)(=S)OC[C@H]2C[C@@H](n3cnc4c(=O)[nH]c5nccn5c43)[C@@H]2CO)[C@@H](CO[P+](=O)S)O1. The topological polar surface area (TPSA) is 232 Å². The van der Waals surface area contributed by atoms with Crippen molar-refractivity contribution in [3.63, 3.8) is 0 Å². The molecule has 0 aromatic carbocycles. The molecule has 1 aliphatic carbocycles. The van der Waals surface area contributed by atoms with E-state index in [0.29, 0.717) is 29.0 Å². The van der Waals surface area contributed by atoms with Crippen LogP contribution in [0.4, 0.5) is 5.82 Å². The average Bonchev–Trinajstić information content (AvgIpc) is 3.77. The molecule has 18 nitrogen and oxygen atoms in total. The molecular weight excluding hydrogens is 670 g/mol. The van der Waals surface area contributed by atoms with Crippen LogP contribution in [0.15, 0.2) is 36.2 Å². The highest BCUT2D eigenvalue weighted by molar-refractivity contribution is 8.39. The molecule has 22 heteroatoms. The Morgan fingerprint density at radius 1 is 1.18 bits per heavy atom. The third-order valence-corrected chi connectivity index (χ3v) is 10.5. The summed E-state index contributed by atoms with van der Waals surface area (Å²) in [6.45, 7) is -4.13. The van der Waals surface area contributed by atoms with Crippen LogP contribution in [0.25, 0.3) is 28.1 Å². The highest BCUT2D eigenvalue weighted by atomic mass is 32.7. The minimum absolute atomic E-state index is 0.0201. The maximum absolute atomic E-state index is 12.5. The summed E-state index contributed by atoms with van der Waals surface area (Å²) in [5.41, 5.74) is 7.21. The summed E-state index contributed by atoms with van der Waals surface area (Å²) in [6.07, 6.45) is 6.21. The molecule has 0 radical (unpaired) electrons. The van der Waals surface area contributed by atoms with Gasteiger partial charge in [0, 0.05) is 37.4 Å². The van der Waals surface area contributed by atoms with Crippen LogP contribution in [0.5, 0.6) is 0 Å². The van der Waals surface area contributed by atoms with Crippen LogP contribution in [0, 0.1) is 11.8 Å². The van der Waals surface area contributed by atoms with Gasteiger partial charge in [-0.25, -0.2) is 24.9 Å². The lowest BCUT2D eigenvalue weighted by molar-refractivity contribution is -0.0376. The van der Waals surface area contributed by atoms with E-state index in [1.807, 2.05) is 4.57 Å². The molecule has 8 atom stereocenters. The maximum atomic E-state index is 12.5. The number of imidazole rings is 3. The number of thiol groups is 1. The molecule has 2 unspecified atom stereocenters. The van der Waals surface area contributed by atoms with E-state index >= 15 is 0 Å². The molecule has 238 valence electrons. The quantitative estimate of drug-likeness (QED) is 0.0972. The van der Waals surface area contributed by atoms with E-state index in [1.54, 1.807) is 27.7 Å². The van der Waals surface area contributed by atoms with Gasteiger partial charge in [-0.3, -0.25) is 18.7 Å². The predicted molar refractivity (Wildman–Crippen MR) is 165 cm³/mol. The second kappa shape index (κ2) is 12.0. The van der Waals surface area contributed by atoms with Crippen LogP contribution < -0.4 is 11.3 Å². The van der Waals surface area contributed by atoms with Crippen LogP contribution in [-0.4, -0.2) is 85.5 Å². The Hall–Kier alpha value is -2.90. The molecule has 7 rings (SSSR count). The van der Waals surface area contributed by atoms with Gasteiger partial charge >= 0.3 is 13.9 Å². The minimum atomic E-state index is -3.83. The number of aliphatic hydroxyl groups excluding tert-OH is 1. The molecule has 2 aliphatic rings. The summed E-state index contributed by atoms with van der Waals surface area (Å²) in [4.78, 5) is 47.2. The third kappa shape index (κ3) is 5.69. The van der Waals surface area contributed by atoms with Crippen LogP contribution >= 0.6 is 26.2 Å². The van der Waals surface area contributed by atoms with Crippen molar-refractivity contribution in [2.24, 2.45) is 11.8 Å². The number of ether oxygens (including phenoxy) is 1. The van der Waals surface area contributed by atoms with Crippen molar-refractivity contribution in [3.05, 3.63) is 41.7 Å². The molecule has 5 aromatic rings. The molecule has 0 spiro atoms. The second-order valence-corrected chi connectivity index (χ2v) is 15.2. The number of rotatable bonds is 11. The first-order chi connectivity index (χ1) is 21.6. The van der Waals surface area contributed by atoms with Gasteiger partial charge in [-0.05, 0) is 28.7 Å². The Kier molecular flexibility index (Phi) is 8.22. The van der Waals surface area contributed by atoms with Gasteiger partial charge in [0.2, 0.25) is 5.78 Å². The van der Waals surface area contributed by atoms with E-state index in [4.69, 9.17) is 35.8 Å². The molecule has 1 aliphatic heterocycles. The highest BCUT2D eigenvalue weighted by Crippen LogP contribution is 2.52. The summed E-state index contributed by atoms with van der Waals surface area (Å²) < 4.78 is 39.8. The monoisotopic (exact) mass is 697 g/mol. The van der Waals surface area contributed by atoms with Crippen molar-refractivity contribution in [1.82, 2.24) is 43.4 Å². The van der Waals surface area contributed by atoms with Gasteiger partial charge in [-0.15, -0.1) is 4.52 Å². The number of nitrogens with two attached hydrogens (primary N) is 1. The van der Waals surface area contributed by atoms with Gasteiger partial charge in [0.25, 0.3) is 5.56 Å². The minimum Gasteiger partial charge on any atom is -0.396 e. The van der Waals surface area contributed by atoms with E-state index < -0.39 is 32.4 Å². The normalized spacial score (nSPS) is 26.9. The number of hydrogen-bond acceptors (Lipinski definition) is 14. The first-order valence-electron chi connectivity index (χ1n) is 13.7. The van der Waals surface area contributed by atoms with Crippen molar-refractivity contribution in [2.75, 3.05) is 25.6 Å². The molecule has 0 amide bonds. The Bertz CT molecular complexity index is 2020. The molecule has 1 saturated carbocycles. The summed E-state index contributed by atoms with van der Waals surface area (Å²) in [5, 5.41) is 10.3. The molecule has 2 fully saturated rings. The van der Waals surface area contributed by atoms with Gasteiger partial charge in [0.05, 0.1) is 19.3 Å². The molecule has 5 aromatic heterocycles. The molecule has 5 N–H and O–H groups in total. The summed E-state index contributed by atoms with van der Waals surface area (Å²) in [7, 11) is -2.23. The number of H-pyrrole nitrogens is 1. The van der Waals surface area contributed by atoms with Gasteiger partial charge in [0.1, 0.15) is 49.1 Å². The zero-order chi connectivity index (χ0) is 31.5. The molecule has 0 bridgehead atoms. The fraction of sp³-hybridized carbons (Fsp3) is 0.478. The maximum Gasteiger partial charge on any atom is 0.582 e. The van der Waals surface area contributed by atoms with Crippen molar-refractivity contribution < 1.29 is 32.9 Å². The summed E-state index contributed by atoms with van der Waals surface area (Å²) >= 11 is 9.16. The van der Waals surface area contributed by atoms with E-state index in [1.165, 1.54) is 12.7 Å². The van der Waals surface area contributed by atoms with Gasteiger partial charge in [-0.2, -0.15) is 0 Å². The van der Waals surface area contributed by atoms with Crippen LogP contribution in [0.3, 0.4) is 0 Å². The Morgan fingerprint density at radius 3 is 2.78 bits per heavy atom. The van der Waals surface area contributed by atoms with Crippen molar-refractivity contribution in [2.45, 2.75) is 37.3 Å². The lowest BCUT2D eigenvalue weighted by Gasteiger charge is -2.44. The Balaban J connectivity index is 1.04. The fourth-order valence-electron chi connectivity index (χ4n) is 6.03. The summed E-state index contributed by atoms with van der Waals surface area (Å²) in [5.74, 6) is 0.151. The van der Waals surface area contributed by atoms with Crippen LogP contribution in [0.1, 0.15) is 25.1 Å². The number of hydrogen-bond donors (Lipinski definition) is 5. The van der Waals surface area contributed by atoms with Crippen molar-refractivity contribution in [1.29, 1.82) is 0 Å². The Morgan fingerprint density at radius 2 is 1.98 bits per heavy atom. The molecular formula is C23H27N10O8P2S2+. The fourth-order valence-corrected chi connectivity index (χ4v) is 8.02. The average molecular weight is 698 g/mol. The molecule has 1 saturated heterocycles. The zero-order valence-corrected chi connectivity index (χ0v) is 26.6.